The average Bonchev–Trinajstić information content (AvgIpc) is 3.23. The first-order valence-corrected chi connectivity index (χ1v) is 8.14. The number of halogens is 3. The lowest BCUT2D eigenvalue weighted by Crippen LogP contribution is -2.33. The zero-order valence-corrected chi connectivity index (χ0v) is 13.6. The Morgan fingerprint density at radius 3 is 2.88 bits per heavy atom. The largest absolute Gasteiger partial charge is 0.322 e. The van der Waals surface area contributed by atoms with Crippen LogP contribution < -0.4 is 5.32 Å². The van der Waals surface area contributed by atoms with E-state index in [4.69, 9.17) is 0 Å². The fourth-order valence-corrected chi connectivity index (χ4v) is 3.00. The highest BCUT2D eigenvalue weighted by Gasteiger charge is 2.25. The van der Waals surface area contributed by atoms with E-state index in [1.54, 1.807) is 28.9 Å². The van der Waals surface area contributed by atoms with Crippen molar-refractivity contribution < 1.29 is 18.0 Å². The van der Waals surface area contributed by atoms with Gasteiger partial charge in [-0.2, -0.15) is 0 Å². The van der Waals surface area contributed by atoms with E-state index in [1.165, 1.54) is 17.0 Å². The van der Waals surface area contributed by atoms with Crippen LogP contribution in [0.2, 0.25) is 0 Å². The number of carbonyl (C=O) groups excluding carboxylic acids is 1. The number of fused-ring (bicyclic) bond motifs is 1. The molecule has 4 rings (SSSR count). The van der Waals surface area contributed by atoms with Gasteiger partial charge in [0.15, 0.2) is 11.6 Å². The number of pyridine rings is 1. The van der Waals surface area contributed by atoms with E-state index in [0.717, 1.165) is 6.07 Å². The van der Waals surface area contributed by atoms with Crippen molar-refractivity contribution in [1.82, 2.24) is 14.3 Å². The molecule has 5 nitrogen and oxygen atoms in total. The van der Waals surface area contributed by atoms with Crippen molar-refractivity contribution in [3.8, 4) is 11.3 Å². The molecule has 134 valence electrons. The minimum Gasteiger partial charge on any atom is -0.322 e. The lowest BCUT2D eigenvalue weighted by atomic mass is 10.1. The monoisotopic (exact) mass is 360 g/mol. The van der Waals surface area contributed by atoms with Gasteiger partial charge in [0.25, 0.3) is 0 Å². The topological polar surface area (TPSA) is 49.6 Å². The van der Waals surface area contributed by atoms with E-state index in [2.05, 4.69) is 10.3 Å². The van der Waals surface area contributed by atoms with Crippen LogP contribution in [0.25, 0.3) is 16.9 Å². The molecule has 0 saturated carbocycles. The zero-order valence-electron chi connectivity index (χ0n) is 13.6. The summed E-state index contributed by atoms with van der Waals surface area (Å²) >= 11 is 0. The first-order chi connectivity index (χ1) is 12.5. The highest BCUT2D eigenvalue weighted by Crippen LogP contribution is 2.25. The molecule has 0 aliphatic carbocycles. The van der Waals surface area contributed by atoms with Gasteiger partial charge < -0.3 is 14.6 Å². The number of alkyl halides is 1. The van der Waals surface area contributed by atoms with E-state index >= 15 is 0 Å². The van der Waals surface area contributed by atoms with Gasteiger partial charge in [0.2, 0.25) is 0 Å². The molecule has 0 spiro atoms. The molecule has 1 N–H and O–H groups in total. The standard InChI is InChI=1S/C18H15F3N4O/c19-11-4-6-25(9-11)18(26)22-12-5-7-24-10-15(23-16(24)8-12)13-2-1-3-14(20)17(13)21/h1-3,5,7-8,10-11H,4,6,9H2,(H,22,26)/t11-/m0/s1. The van der Waals surface area contributed by atoms with Crippen LogP contribution in [0, 0.1) is 11.6 Å². The van der Waals surface area contributed by atoms with Gasteiger partial charge in [0.05, 0.1) is 12.2 Å². The molecule has 1 aliphatic rings. The molecule has 0 radical (unpaired) electrons. The summed E-state index contributed by atoms with van der Waals surface area (Å²) < 4.78 is 42.2. The van der Waals surface area contributed by atoms with Crippen molar-refractivity contribution in [2.24, 2.45) is 0 Å². The minimum atomic E-state index is -0.987. The van der Waals surface area contributed by atoms with Gasteiger partial charge in [-0.3, -0.25) is 0 Å². The fourth-order valence-electron chi connectivity index (χ4n) is 3.00. The van der Waals surface area contributed by atoms with Crippen LogP contribution in [0.1, 0.15) is 6.42 Å². The quantitative estimate of drug-likeness (QED) is 0.755. The SMILES string of the molecule is O=C(Nc1ccn2cc(-c3cccc(F)c3F)nc2c1)N1CC[C@H](F)C1. The van der Waals surface area contributed by atoms with Crippen LogP contribution in [-0.2, 0) is 0 Å². The van der Waals surface area contributed by atoms with E-state index in [1.807, 2.05) is 0 Å². The minimum absolute atomic E-state index is 0.0605. The Labute approximate surface area is 147 Å². The van der Waals surface area contributed by atoms with Gasteiger partial charge >= 0.3 is 6.03 Å². The number of nitrogens with one attached hydrogen (secondary N) is 1. The zero-order chi connectivity index (χ0) is 18.3. The van der Waals surface area contributed by atoms with Crippen LogP contribution in [-0.4, -0.2) is 39.6 Å². The third kappa shape index (κ3) is 2.98. The highest BCUT2D eigenvalue weighted by atomic mass is 19.2. The Bertz CT molecular complexity index is 988. The first-order valence-electron chi connectivity index (χ1n) is 8.14. The van der Waals surface area contributed by atoms with Gasteiger partial charge in [0, 0.05) is 36.3 Å². The molecule has 0 unspecified atom stereocenters. The molecule has 1 aliphatic heterocycles. The molecule has 1 fully saturated rings. The number of nitrogens with zero attached hydrogens (tertiary/aromatic N) is 3. The molecule has 1 atom stereocenters. The number of carbonyl (C=O) groups is 1. The Morgan fingerprint density at radius 2 is 2.12 bits per heavy atom. The normalized spacial score (nSPS) is 17.0. The van der Waals surface area contributed by atoms with Gasteiger partial charge in [-0.15, -0.1) is 0 Å². The van der Waals surface area contributed by atoms with Crippen molar-refractivity contribution in [2.75, 3.05) is 18.4 Å². The number of amides is 2. The first kappa shape index (κ1) is 16.4. The maximum absolute atomic E-state index is 14.0. The van der Waals surface area contributed by atoms with Crippen LogP contribution in [0.15, 0.2) is 42.7 Å². The molecule has 3 aromatic rings. The summed E-state index contributed by atoms with van der Waals surface area (Å²) in [6.07, 6.45) is 2.59. The second kappa shape index (κ2) is 6.36. The number of hydrogen-bond donors (Lipinski definition) is 1. The summed E-state index contributed by atoms with van der Waals surface area (Å²) in [6.45, 7) is 0.460. The number of rotatable bonds is 2. The van der Waals surface area contributed by atoms with Crippen molar-refractivity contribution >= 4 is 17.4 Å². The van der Waals surface area contributed by atoms with Crippen LogP contribution >= 0.6 is 0 Å². The third-order valence-corrected chi connectivity index (χ3v) is 4.36. The van der Waals surface area contributed by atoms with Crippen LogP contribution in [0.4, 0.5) is 23.7 Å². The van der Waals surface area contributed by atoms with Crippen molar-refractivity contribution in [2.45, 2.75) is 12.6 Å². The lowest BCUT2D eigenvalue weighted by molar-refractivity contribution is 0.218. The molecule has 1 saturated heterocycles. The summed E-state index contributed by atoms with van der Waals surface area (Å²) in [5, 5.41) is 2.70. The Kier molecular flexibility index (Phi) is 4.02. The fraction of sp³-hybridized carbons (Fsp3) is 0.222. The summed E-state index contributed by atoms with van der Waals surface area (Å²) in [4.78, 5) is 17.8. The number of anilines is 1. The van der Waals surface area contributed by atoms with Crippen molar-refractivity contribution in [3.05, 3.63) is 54.4 Å². The number of benzene rings is 1. The van der Waals surface area contributed by atoms with E-state index in [-0.39, 0.29) is 23.8 Å². The van der Waals surface area contributed by atoms with E-state index < -0.39 is 17.8 Å². The maximum atomic E-state index is 14.0. The molecular formula is C18H15F3N4O. The number of hydrogen-bond acceptors (Lipinski definition) is 2. The number of urea groups is 1. The van der Waals surface area contributed by atoms with Crippen LogP contribution in [0.3, 0.4) is 0 Å². The maximum Gasteiger partial charge on any atom is 0.321 e. The van der Waals surface area contributed by atoms with Crippen molar-refractivity contribution in [1.29, 1.82) is 0 Å². The van der Waals surface area contributed by atoms with Gasteiger partial charge in [0.1, 0.15) is 11.8 Å². The molecule has 2 amide bonds. The molecule has 3 heterocycles. The van der Waals surface area contributed by atoms with E-state index in [0.29, 0.717) is 24.3 Å². The summed E-state index contributed by atoms with van der Waals surface area (Å²) in [5.41, 5.74) is 1.29. The molecule has 26 heavy (non-hydrogen) atoms. The predicted molar refractivity (Wildman–Crippen MR) is 90.6 cm³/mol. The molecule has 0 bridgehead atoms. The Balaban J connectivity index is 1.60. The third-order valence-electron chi connectivity index (χ3n) is 4.36. The summed E-state index contributed by atoms with van der Waals surface area (Å²) in [6, 6.07) is 6.80. The average molecular weight is 360 g/mol. The van der Waals surface area contributed by atoms with Gasteiger partial charge in [-0.05, 0) is 24.6 Å². The predicted octanol–water partition coefficient (Wildman–Crippen LogP) is 3.86. The van der Waals surface area contributed by atoms with Crippen LogP contribution in [0.5, 0.6) is 0 Å². The van der Waals surface area contributed by atoms with Crippen molar-refractivity contribution in [3.63, 3.8) is 0 Å². The number of aromatic nitrogens is 2. The highest BCUT2D eigenvalue weighted by molar-refractivity contribution is 5.90. The van der Waals surface area contributed by atoms with Gasteiger partial charge in [-0.1, -0.05) is 6.07 Å². The summed E-state index contributed by atoms with van der Waals surface area (Å²) in [5.74, 6) is -1.90. The lowest BCUT2D eigenvalue weighted by Gasteiger charge is -2.16. The molecular weight excluding hydrogens is 345 g/mol. The smallest absolute Gasteiger partial charge is 0.321 e. The van der Waals surface area contributed by atoms with E-state index in [9.17, 15) is 18.0 Å². The Hall–Kier alpha value is -3.03. The molecule has 8 heteroatoms. The Morgan fingerprint density at radius 1 is 1.27 bits per heavy atom. The molecule has 2 aromatic heterocycles. The second-order valence-electron chi connectivity index (χ2n) is 6.17. The second-order valence-corrected chi connectivity index (χ2v) is 6.17. The number of imidazole rings is 1. The molecule has 1 aromatic carbocycles. The van der Waals surface area contributed by atoms with Gasteiger partial charge in [-0.25, -0.2) is 22.9 Å². The number of likely N-dealkylation sites (tertiary alicyclic amines) is 1. The summed E-state index contributed by atoms with van der Waals surface area (Å²) in [7, 11) is 0.